The molecule has 0 radical (unpaired) electrons. The average Bonchev–Trinajstić information content (AvgIpc) is 3.48. The van der Waals surface area contributed by atoms with Crippen LogP contribution in [-0.4, -0.2) is 45.2 Å². The van der Waals surface area contributed by atoms with E-state index in [4.69, 9.17) is 14.5 Å². The van der Waals surface area contributed by atoms with Crippen LogP contribution in [0.5, 0.6) is 11.5 Å². The molecule has 1 saturated heterocycles. The van der Waals surface area contributed by atoms with Crippen molar-refractivity contribution in [2.75, 3.05) is 19.9 Å². The Hall–Kier alpha value is -3.87. The van der Waals surface area contributed by atoms with E-state index in [-0.39, 0.29) is 18.7 Å². The summed E-state index contributed by atoms with van der Waals surface area (Å²) in [6.07, 6.45) is 3.51. The molecule has 2 aromatic carbocycles. The maximum Gasteiger partial charge on any atom is 0.253 e. The summed E-state index contributed by atoms with van der Waals surface area (Å²) in [4.78, 5) is 24.4. The smallest absolute Gasteiger partial charge is 0.253 e. The zero-order valence-corrected chi connectivity index (χ0v) is 17.5. The van der Waals surface area contributed by atoms with Gasteiger partial charge in [0.05, 0.1) is 11.0 Å². The third kappa shape index (κ3) is 3.17. The van der Waals surface area contributed by atoms with Gasteiger partial charge in [0, 0.05) is 30.9 Å². The van der Waals surface area contributed by atoms with Gasteiger partial charge < -0.3 is 18.9 Å². The predicted octanol–water partition coefficient (Wildman–Crippen LogP) is 4.30. The molecule has 0 atom stereocenters. The Balaban J connectivity index is 1.26. The number of carbonyl (C=O) groups is 1. The molecule has 4 heterocycles. The molecule has 2 aromatic heterocycles. The summed E-state index contributed by atoms with van der Waals surface area (Å²) >= 11 is 0. The lowest BCUT2D eigenvalue weighted by molar-refractivity contribution is 0.0696. The highest BCUT2D eigenvalue weighted by molar-refractivity contribution is 5.95. The molecule has 7 heteroatoms. The number of para-hydroxylation sites is 2. The molecular formula is C25H22N4O3. The van der Waals surface area contributed by atoms with Crippen molar-refractivity contribution in [1.29, 1.82) is 0 Å². The Morgan fingerprint density at radius 3 is 2.59 bits per heavy atom. The van der Waals surface area contributed by atoms with Crippen LogP contribution in [0.15, 0.2) is 66.9 Å². The first kappa shape index (κ1) is 18.9. The van der Waals surface area contributed by atoms with Crippen molar-refractivity contribution in [3.63, 3.8) is 0 Å². The number of likely N-dealkylation sites (tertiary alicyclic amines) is 1. The Labute approximate surface area is 185 Å². The van der Waals surface area contributed by atoms with E-state index in [1.807, 2.05) is 47.4 Å². The second-order valence-electron chi connectivity index (χ2n) is 8.10. The first-order valence-corrected chi connectivity index (χ1v) is 10.9. The third-order valence-electron chi connectivity index (χ3n) is 6.23. The number of carbonyl (C=O) groups excluding carboxylic acids is 1. The molecule has 2 aliphatic rings. The second-order valence-corrected chi connectivity index (χ2v) is 8.10. The Bertz CT molecular complexity index is 1290. The number of aromatic nitrogens is 3. The van der Waals surface area contributed by atoms with E-state index in [1.165, 1.54) is 0 Å². The van der Waals surface area contributed by atoms with E-state index in [0.29, 0.717) is 30.2 Å². The quantitative estimate of drug-likeness (QED) is 0.488. The molecule has 6 rings (SSSR count). The summed E-state index contributed by atoms with van der Waals surface area (Å²) in [7, 11) is 0. The molecule has 2 aliphatic heterocycles. The second kappa shape index (κ2) is 7.67. The normalized spacial score (nSPS) is 15.9. The van der Waals surface area contributed by atoms with Gasteiger partial charge >= 0.3 is 0 Å². The number of benzene rings is 2. The highest BCUT2D eigenvalue weighted by Gasteiger charge is 2.28. The fraction of sp³-hybridized carbons (Fsp3) is 0.240. The fourth-order valence-electron chi connectivity index (χ4n) is 4.63. The van der Waals surface area contributed by atoms with Crippen molar-refractivity contribution in [3.05, 3.63) is 72.4 Å². The number of fused-ring (bicyclic) bond motifs is 2. The topological polar surface area (TPSA) is 69.5 Å². The first-order valence-electron chi connectivity index (χ1n) is 10.9. The van der Waals surface area contributed by atoms with Gasteiger partial charge in [0.25, 0.3) is 5.91 Å². The zero-order chi connectivity index (χ0) is 21.5. The van der Waals surface area contributed by atoms with Crippen LogP contribution in [0.3, 0.4) is 0 Å². The summed E-state index contributed by atoms with van der Waals surface area (Å²) < 4.78 is 13.1. The summed E-state index contributed by atoms with van der Waals surface area (Å²) in [5.74, 6) is 2.24. The molecule has 7 nitrogen and oxygen atoms in total. The highest BCUT2D eigenvalue weighted by Crippen LogP contribution is 2.35. The van der Waals surface area contributed by atoms with Crippen LogP contribution in [-0.2, 0) is 0 Å². The Kier molecular flexibility index (Phi) is 4.52. The maximum atomic E-state index is 13.1. The molecule has 1 amide bonds. The number of ether oxygens (including phenoxy) is 2. The van der Waals surface area contributed by atoms with Gasteiger partial charge in [0.1, 0.15) is 5.69 Å². The summed E-state index contributed by atoms with van der Waals surface area (Å²) in [6, 6.07) is 19.7. The van der Waals surface area contributed by atoms with Gasteiger partial charge in [-0.1, -0.05) is 18.2 Å². The SMILES string of the molecule is O=C(c1ccc2c(c1)OCO2)N1CCC(n2c(-c3ccccn3)nc3ccccc32)CC1. The third-order valence-corrected chi connectivity index (χ3v) is 6.23. The van der Waals surface area contributed by atoms with E-state index in [1.54, 1.807) is 18.3 Å². The standard InChI is InChI=1S/C25H22N4O3/c30-25(17-8-9-22-23(15-17)32-16-31-22)28-13-10-18(11-14-28)29-21-7-2-1-5-19(21)27-24(29)20-6-3-4-12-26-20/h1-9,12,15,18H,10-11,13-14,16H2. The van der Waals surface area contributed by atoms with Crippen molar-refractivity contribution in [1.82, 2.24) is 19.4 Å². The van der Waals surface area contributed by atoms with Crippen LogP contribution in [0.2, 0.25) is 0 Å². The number of imidazole rings is 1. The van der Waals surface area contributed by atoms with Gasteiger partial charge in [0.15, 0.2) is 17.3 Å². The molecule has 0 unspecified atom stereocenters. The van der Waals surface area contributed by atoms with Crippen molar-refractivity contribution >= 4 is 16.9 Å². The Morgan fingerprint density at radius 2 is 1.75 bits per heavy atom. The first-order chi connectivity index (χ1) is 15.8. The molecule has 0 bridgehead atoms. The molecule has 160 valence electrons. The molecule has 0 N–H and O–H groups in total. The number of piperidine rings is 1. The van der Waals surface area contributed by atoms with Gasteiger partial charge in [0.2, 0.25) is 6.79 Å². The van der Waals surface area contributed by atoms with Gasteiger partial charge in [-0.2, -0.15) is 0 Å². The van der Waals surface area contributed by atoms with E-state index in [2.05, 4.69) is 15.6 Å². The van der Waals surface area contributed by atoms with Gasteiger partial charge in [-0.15, -0.1) is 0 Å². The van der Waals surface area contributed by atoms with Crippen molar-refractivity contribution < 1.29 is 14.3 Å². The largest absolute Gasteiger partial charge is 0.454 e. The van der Waals surface area contributed by atoms with E-state index < -0.39 is 0 Å². The van der Waals surface area contributed by atoms with Crippen LogP contribution in [0.25, 0.3) is 22.6 Å². The zero-order valence-electron chi connectivity index (χ0n) is 17.5. The maximum absolute atomic E-state index is 13.1. The average molecular weight is 426 g/mol. The van der Waals surface area contributed by atoms with Crippen molar-refractivity contribution in [3.8, 4) is 23.0 Å². The molecule has 1 fully saturated rings. The molecular weight excluding hydrogens is 404 g/mol. The fourth-order valence-corrected chi connectivity index (χ4v) is 4.63. The van der Waals surface area contributed by atoms with E-state index in [0.717, 1.165) is 35.4 Å². The van der Waals surface area contributed by atoms with Crippen molar-refractivity contribution in [2.24, 2.45) is 0 Å². The van der Waals surface area contributed by atoms with Gasteiger partial charge in [-0.05, 0) is 55.3 Å². The lowest BCUT2D eigenvalue weighted by Crippen LogP contribution is -2.39. The summed E-state index contributed by atoms with van der Waals surface area (Å²) in [5.41, 5.74) is 3.57. The minimum absolute atomic E-state index is 0.0298. The van der Waals surface area contributed by atoms with E-state index in [9.17, 15) is 4.79 Å². The number of nitrogens with zero attached hydrogens (tertiary/aromatic N) is 4. The summed E-state index contributed by atoms with van der Waals surface area (Å²) in [5, 5.41) is 0. The molecule has 32 heavy (non-hydrogen) atoms. The monoisotopic (exact) mass is 426 g/mol. The van der Waals surface area contributed by atoms with Crippen LogP contribution in [0.4, 0.5) is 0 Å². The lowest BCUT2D eigenvalue weighted by atomic mass is 10.0. The van der Waals surface area contributed by atoms with Crippen LogP contribution >= 0.6 is 0 Å². The lowest BCUT2D eigenvalue weighted by Gasteiger charge is -2.33. The molecule has 0 spiro atoms. The van der Waals surface area contributed by atoms with Crippen LogP contribution in [0.1, 0.15) is 29.2 Å². The number of hydrogen-bond acceptors (Lipinski definition) is 5. The number of hydrogen-bond donors (Lipinski definition) is 0. The van der Waals surface area contributed by atoms with Crippen LogP contribution in [0, 0.1) is 0 Å². The molecule has 0 saturated carbocycles. The van der Waals surface area contributed by atoms with Crippen LogP contribution < -0.4 is 9.47 Å². The van der Waals surface area contributed by atoms with E-state index >= 15 is 0 Å². The number of rotatable bonds is 3. The van der Waals surface area contributed by atoms with Crippen molar-refractivity contribution in [2.45, 2.75) is 18.9 Å². The van der Waals surface area contributed by atoms with Gasteiger partial charge in [-0.3, -0.25) is 9.78 Å². The number of amides is 1. The minimum Gasteiger partial charge on any atom is -0.454 e. The van der Waals surface area contributed by atoms with Gasteiger partial charge in [-0.25, -0.2) is 4.98 Å². The number of pyridine rings is 1. The minimum atomic E-state index is 0.0298. The Morgan fingerprint density at radius 1 is 0.938 bits per heavy atom. The summed E-state index contributed by atoms with van der Waals surface area (Å²) in [6.45, 7) is 1.58. The molecule has 4 aromatic rings. The predicted molar refractivity (Wildman–Crippen MR) is 120 cm³/mol. The molecule has 0 aliphatic carbocycles. The highest BCUT2D eigenvalue weighted by atomic mass is 16.7.